The molecule has 2 unspecified atom stereocenters. The lowest BCUT2D eigenvalue weighted by molar-refractivity contribution is 0.685. The first-order chi connectivity index (χ1) is 7.34. The average molecular weight is 195 g/mol. The van der Waals surface area contributed by atoms with Crippen molar-refractivity contribution in [2.24, 2.45) is 11.7 Å². The van der Waals surface area contributed by atoms with Crippen LogP contribution in [0.3, 0.4) is 0 Å². The van der Waals surface area contributed by atoms with Crippen LogP contribution in [0.1, 0.15) is 17.0 Å². The minimum Gasteiger partial charge on any atom is -0.399 e. The third-order valence-electron chi connectivity index (χ3n) is 3.15. The predicted octanol–water partition coefficient (Wildman–Crippen LogP) is 2.83. The van der Waals surface area contributed by atoms with E-state index in [0.29, 0.717) is 11.8 Å². The summed E-state index contributed by atoms with van der Waals surface area (Å²) < 4.78 is 0. The van der Waals surface area contributed by atoms with Gasteiger partial charge in [0.15, 0.2) is 0 Å². The summed E-state index contributed by atoms with van der Waals surface area (Å²) in [6.07, 6.45) is 10.8. The van der Waals surface area contributed by atoms with Crippen molar-refractivity contribution in [3.63, 3.8) is 0 Å². The fourth-order valence-electron chi connectivity index (χ4n) is 2.38. The second kappa shape index (κ2) is 3.13. The molecule has 1 aromatic rings. The smallest absolute Gasteiger partial charge is 0.0277 e. The summed E-state index contributed by atoms with van der Waals surface area (Å²) in [5.74, 6) is 0.906. The van der Waals surface area contributed by atoms with Crippen LogP contribution < -0.4 is 5.73 Å². The van der Waals surface area contributed by atoms with E-state index in [4.69, 9.17) is 5.73 Å². The fourth-order valence-corrected chi connectivity index (χ4v) is 2.38. The van der Waals surface area contributed by atoms with Crippen molar-refractivity contribution in [3.05, 3.63) is 65.4 Å². The molecule has 15 heavy (non-hydrogen) atoms. The van der Waals surface area contributed by atoms with Crippen molar-refractivity contribution >= 4 is 6.08 Å². The van der Waals surface area contributed by atoms with Gasteiger partial charge in [-0.25, -0.2) is 0 Å². The minimum atomic E-state index is 0.427. The van der Waals surface area contributed by atoms with Crippen LogP contribution in [0.25, 0.3) is 6.08 Å². The number of fused-ring (bicyclic) bond motifs is 3. The molecule has 2 aliphatic rings. The maximum absolute atomic E-state index is 5.85. The third-order valence-corrected chi connectivity index (χ3v) is 3.15. The van der Waals surface area contributed by atoms with Crippen LogP contribution in [0.2, 0.25) is 0 Å². The molecular formula is C14H13N. The normalized spacial score (nSPS) is 26.8. The van der Waals surface area contributed by atoms with Crippen LogP contribution in [0.15, 0.2) is 54.3 Å². The summed E-state index contributed by atoms with van der Waals surface area (Å²) >= 11 is 0. The standard InChI is InChI=1S/C14H13N/c15-12-8-7-11-6-5-10-3-1-2-4-13(10)14(11)9-12/h1-9,11,14H,15H2. The largest absolute Gasteiger partial charge is 0.399 e. The number of allylic oxidation sites excluding steroid dienone is 4. The summed E-state index contributed by atoms with van der Waals surface area (Å²) in [5, 5.41) is 0. The van der Waals surface area contributed by atoms with Crippen LogP contribution in [-0.4, -0.2) is 0 Å². The topological polar surface area (TPSA) is 26.0 Å². The molecule has 0 aliphatic heterocycles. The molecule has 1 heteroatoms. The summed E-state index contributed by atoms with van der Waals surface area (Å²) in [6, 6.07) is 8.52. The van der Waals surface area contributed by atoms with Gasteiger partial charge in [0.2, 0.25) is 0 Å². The molecule has 0 amide bonds. The van der Waals surface area contributed by atoms with E-state index in [1.807, 2.05) is 6.08 Å². The lowest BCUT2D eigenvalue weighted by Crippen LogP contribution is -2.16. The van der Waals surface area contributed by atoms with Gasteiger partial charge in [0.05, 0.1) is 0 Å². The van der Waals surface area contributed by atoms with Gasteiger partial charge in [-0.3, -0.25) is 0 Å². The minimum absolute atomic E-state index is 0.427. The zero-order valence-corrected chi connectivity index (χ0v) is 8.43. The molecule has 3 rings (SSSR count). The van der Waals surface area contributed by atoms with Gasteiger partial charge < -0.3 is 5.73 Å². The molecule has 0 saturated carbocycles. The van der Waals surface area contributed by atoms with Crippen LogP contribution in [0.4, 0.5) is 0 Å². The Morgan fingerprint density at radius 2 is 1.80 bits per heavy atom. The monoisotopic (exact) mass is 195 g/mol. The van der Waals surface area contributed by atoms with Gasteiger partial charge in [0.1, 0.15) is 0 Å². The molecule has 0 radical (unpaired) electrons. The van der Waals surface area contributed by atoms with Crippen molar-refractivity contribution in [2.75, 3.05) is 0 Å². The predicted molar refractivity (Wildman–Crippen MR) is 63.1 cm³/mol. The molecule has 0 fully saturated rings. The average Bonchev–Trinajstić information content (AvgIpc) is 2.29. The Balaban J connectivity index is 2.14. The zero-order chi connectivity index (χ0) is 10.3. The first-order valence-corrected chi connectivity index (χ1v) is 5.27. The lowest BCUT2D eigenvalue weighted by atomic mass is 9.77. The zero-order valence-electron chi connectivity index (χ0n) is 8.43. The Labute approximate surface area is 89.6 Å². The highest BCUT2D eigenvalue weighted by atomic mass is 14.6. The van der Waals surface area contributed by atoms with Crippen molar-refractivity contribution in [1.82, 2.24) is 0 Å². The summed E-state index contributed by atoms with van der Waals surface area (Å²) in [4.78, 5) is 0. The molecule has 2 aliphatic carbocycles. The summed E-state index contributed by atoms with van der Waals surface area (Å²) in [7, 11) is 0. The van der Waals surface area contributed by atoms with E-state index < -0.39 is 0 Å². The van der Waals surface area contributed by atoms with E-state index in [9.17, 15) is 0 Å². The fraction of sp³-hybridized carbons (Fsp3) is 0.143. The van der Waals surface area contributed by atoms with Crippen LogP contribution in [0, 0.1) is 5.92 Å². The van der Waals surface area contributed by atoms with Gasteiger partial charge in [-0.05, 0) is 17.2 Å². The Morgan fingerprint density at radius 1 is 1.00 bits per heavy atom. The van der Waals surface area contributed by atoms with E-state index in [0.717, 1.165) is 5.70 Å². The van der Waals surface area contributed by atoms with E-state index in [2.05, 4.69) is 48.6 Å². The number of hydrogen-bond donors (Lipinski definition) is 1. The molecule has 1 nitrogen and oxygen atoms in total. The van der Waals surface area contributed by atoms with E-state index >= 15 is 0 Å². The summed E-state index contributed by atoms with van der Waals surface area (Å²) in [6.45, 7) is 0. The highest BCUT2D eigenvalue weighted by Crippen LogP contribution is 2.38. The molecule has 0 spiro atoms. The molecule has 2 N–H and O–H groups in total. The van der Waals surface area contributed by atoms with Gasteiger partial charge >= 0.3 is 0 Å². The molecule has 2 atom stereocenters. The van der Waals surface area contributed by atoms with Crippen molar-refractivity contribution in [3.8, 4) is 0 Å². The Kier molecular flexibility index (Phi) is 1.78. The molecule has 1 aromatic carbocycles. The lowest BCUT2D eigenvalue weighted by Gasteiger charge is -2.28. The second-order valence-electron chi connectivity index (χ2n) is 4.12. The maximum Gasteiger partial charge on any atom is 0.0277 e. The second-order valence-corrected chi connectivity index (χ2v) is 4.12. The molecule has 0 saturated heterocycles. The number of benzene rings is 1. The molecular weight excluding hydrogens is 182 g/mol. The molecule has 0 bridgehead atoms. The Hall–Kier alpha value is -1.76. The number of nitrogens with two attached hydrogens (primary N) is 1. The van der Waals surface area contributed by atoms with Crippen molar-refractivity contribution < 1.29 is 0 Å². The maximum atomic E-state index is 5.85. The first kappa shape index (κ1) is 8.54. The van der Waals surface area contributed by atoms with Crippen LogP contribution in [0.5, 0.6) is 0 Å². The van der Waals surface area contributed by atoms with Gasteiger partial charge in [0.25, 0.3) is 0 Å². The van der Waals surface area contributed by atoms with Gasteiger partial charge in [-0.15, -0.1) is 0 Å². The first-order valence-electron chi connectivity index (χ1n) is 5.27. The Bertz CT molecular complexity index is 480. The highest BCUT2D eigenvalue weighted by molar-refractivity contribution is 5.61. The van der Waals surface area contributed by atoms with Gasteiger partial charge in [0, 0.05) is 17.5 Å². The summed E-state index contributed by atoms with van der Waals surface area (Å²) in [5.41, 5.74) is 9.43. The number of hydrogen-bond acceptors (Lipinski definition) is 1. The highest BCUT2D eigenvalue weighted by Gasteiger charge is 2.24. The molecule has 0 heterocycles. The Morgan fingerprint density at radius 3 is 2.73 bits per heavy atom. The van der Waals surface area contributed by atoms with Crippen LogP contribution >= 0.6 is 0 Å². The van der Waals surface area contributed by atoms with Crippen molar-refractivity contribution in [2.45, 2.75) is 5.92 Å². The van der Waals surface area contributed by atoms with Gasteiger partial charge in [-0.2, -0.15) is 0 Å². The van der Waals surface area contributed by atoms with E-state index in [-0.39, 0.29) is 0 Å². The van der Waals surface area contributed by atoms with E-state index in [1.54, 1.807) is 0 Å². The SMILES string of the molecule is NC1=CC2c3ccccc3C=CC2C=C1. The van der Waals surface area contributed by atoms with E-state index in [1.165, 1.54) is 11.1 Å². The molecule has 0 aromatic heterocycles. The third kappa shape index (κ3) is 1.32. The quantitative estimate of drug-likeness (QED) is 0.676. The van der Waals surface area contributed by atoms with Gasteiger partial charge in [-0.1, -0.05) is 48.6 Å². The number of rotatable bonds is 0. The van der Waals surface area contributed by atoms with Crippen molar-refractivity contribution in [1.29, 1.82) is 0 Å². The van der Waals surface area contributed by atoms with Crippen LogP contribution in [-0.2, 0) is 0 Å². The molecule has 74 valence electrons.